The Kier molecular flexibility index (Phi) is 4.44. The smallest absolute Gasteiger partial charge is 0.262 e. The van der Waals surface area contributed by atoms with Gasteiger partial charge in [-0.25, -0.2) is 4.98 Å². The third-order valence-electron chi connectivity index (χ3n) is 3.88. The van der Waals surface area contributed by atoms with Gasteiger partial charge in [0.05, 0.1) is 23.4 Å². The van der Waals surface area contributed by atoms with Crippen LogP contribution in [-0.4, -0.2) is 22.2 Å². The van der Waals surface area contributed by atoms with Crippen molar-refractivity contribution in [1.82, 2.24) is 15.1 Å². The van der Waals surface area contributed by atoms with E-state index in [1.165, 1.54) is 0 Å². The standard InChI is InChI=1S/C19H14ClN3O2S/c1-11-21-16(10-26-11)12-3-5-13(6-4-12)18-22-19(25-23-18)15-8-7-14(20)9-17(15)24-2/h3-10H,1-2H3. The summed E-state index contributed by atoms with van der Waals surface area (Å²) in [5.41, 5.74) is 3.59. The first-order valence-electron chi connectivity index (χ1n) is 7.84. The van der Waals surface area contributed by atoms with E-state index in [4.69, 9.17) is 20.9 Å². The van der Waals surface area contributed by atoms with Gasteiger partial charge in [0, 0.05) is 21.5 Å². The van der Waals surface area contributed by atoms with Crippen molar-refractivity contribution >= 4 is 22.9 Å². The SMILES string of the molecule is COc1cc(Cl)ccc1-c1nc(-c2ccc(-c3csc(C)n3)cc2)no1. The molecule has 0 saturated heterocycles. The Hall–Kier alpha value is -2.70. The molecule has 4 aromatic rings. The van der Waals surface area contributed by atoms with Crippen molar-refractivity contribution < 1.29 is 9.26 Å². The molecule has 0 radical (unpaired) electrons. The molecule has 0 amide bonds. The zero-order valence-corrected chi connectivity index (χ0v) is 15.6. The quantitative estimate of drug-likeness (QED) is 0.465. The summed E-state index contributed by atoms with van der Waals surface area (Å²) >= 11 is 7.63. The van der Waals surface area contributed by atoms with Crippen molar-refractivity contribution in [3.63, 3.8) is 0 Å². The third-order valence-corrected chi connectivity index (χ3v) is 4.89. The molecule has 4 rings (SSSR count). The third kappa shape index (κ3) is 3.21. The highest BCUT2D eigenvalue weighted by Crippen LogP contribution is 2.32. The molecule has 2 heterocycles. The number of aromatic nitrogens is 3. The van der Waals surface area contributed by atoms with E-state index in [1.807, 2.05) is 36.6 Å². The van der Waals surface area contributed by atoms with Gasteiger partial charge in [-0.05, 0) is 25.1 Å². The number of halogens is 1. The Bertz CT molecular complexity index is 1060. The minimum absolute atomic E-state index is 0.382. The van der Waals surface area contributed by atoms with Gasteiger partial charge in [-0.1, -0.05) is 41.0 Å². The van der Waals surface area contributed by atoms with Crippen molar-refractivity contribution in [3.8, 4) is 39.8 Å². The van der Waals surface area contributed by atoms with E-state index in [9.17, 15) is 0 Å². The van der Waals surface area contributed by atoms with Crippen LogP contribution in [0.3, 0.4) is 0 Å². The van der Waals surface area contributed by atoms with Gasteiger partial charge in [-0.3, -0.25) is 0 Å². The van der Waals surface area contributed by atoms with Crippen LogP contribution in [0.5, 0.6) is 5.75 Å². The van der Waals surface area contributed by atoms with E-state index in [2.05, 4.69) is 15.1 Å². The van der Waals surface area contributed by atoms with Crippen LogP contribution in [0.15, 0.2) is 52.4 Å². The van der Waals surface area contributed by atoms with Gasteiger partial charge < -0.3 is 9.26 Å². The van der Waals surface area contributed by atoms with Crippen LogP contribution >= 0.6 is 22.9 Å². The Morgan fingerprint density at radius 2 is 1.81 bits per heavy atom. The van der Waals surface area contributed by atoms with E-state index in [-0.39, 0.29) is 0 Å². The maximum Gasteiger partial charge on any atom is 0.262 e. The first kappa shape index (κ1) is 16.8. The van der Waals surface area contributed by atoms with Gasteiger partial charge >= 0.3 is 0 Å². The normalized spacial score (nSPS) is 10.9. The number of methoxy groups -OCH3 is 1. The fourth-order valence-electron chi connectivity index (χ4n) is 2.58. The van der Waals surface area contributed by atoms with E-state index in [0.29, 0.717) is 28.1 Å². The van der Waals surface area contributed by atoms with Crippen molar-refractivity contribution in [2.75, 3.05) is 7.11 Å². The topological polar surface area (TPSA) is 61.0 Å². The lowest BCUT2D eigenvalue weighted by molar-refractivity contribution is 0.405. The summed E-state index contributed by atoms with van der Waals surface area (Å²) in [5, 5.41) is 7.75. The maximum atomic E-state index is 6.00. The average Bonchev–Trinajstić information content (AvgIpc) is 3.31. The molecule has 0 aliphatic heterocycles. The van der Waals surface area contributed by atoms with Crippen molar-refractivity contribution in [2.45, 2.75) is 6.92 Å². The molecule has 0 aliphatic rings. The largest absolute Gasteiger partial charge is 0.496 e. The predicted molar refractivity (Wildman–Crippen MR) is 103 cm³/mol. The average molecular weight is 384 g/mol. The summed E-state index contributed by atoms with van der Waals surface area (Å²) in [6, 6.07) is 13.2. The van der Waals surface area contributed by atoms with Crippen molar-refractivity contribution in [1.29, 1.82) is 0 Å². The summed E-state index contributed by atoms with van der Waals surface area (Å²) in [6.45, 7) is 1.99. The minimum Gasteiger partial charge on any atom is -0.496 e. The summed E-state index contributed by atoms with van der Waals surface area (Å²) < 4.78 is 10.8. The highest BCUT2D eigenvalue weighted by molar-refractivity contribution is 7.09. The molecule has 0 bridgehead atoms. The lowest BCUT2D eigenvalue weighted by atomic mass is 10.1. The number of rotatable bonds is 4. The zero-order chi connectivity index (χ0) is 18.1. The molecule has 0 saturated carbocycles. The number of benzene rings is 2. The Labute approximate surface area is 159 Å². The van der Waals surface area contributed by atoms with Gasteiger partial charge in [0.2, 0.25) is 5.82 Å². The molecule has 2 aromatic carbocycles. The predicted octanol–water partition coefficient (Wildman–Crippen LogP) is 5.50. The number of hydrogen-bond acceptors (Lipinski definition) is 6. The van der Waals surface area contributed by atoms with E-state index < -0.39 is 0 Å². The highest BCUT2D eigenvalue weighted by atomic mass is 35.5. The molecule has 0 unspecified atom stereocenters. The van der Waals surface area contributed by atoms with Crippen LogP contribution in [0.4, 0.5) is 0 Å². The molecule has 5 nitrogen and oxygen atoms in total. The fraction of sp³-hybridized carbons (Fsp3) is 0.105. The second-order valence-corrected chi connectivity index (χ2v) is 7.10. The van der Waals surface area contributed by atoms with Crippen molar-refractivity contribution in [2.24, 2.45) is 0 Å². The first-order valence-corrected chi connectivity index (χ1v) is 9.10. The number of hydrogen-bond donors (Lipinski definition) is 0. The van der Waals surface area contributed by atoms with Gasteiger partial charge in [0.25, 0.3) is 5.89 Å². The van der Waals surface area contributed by atoms with Crippen molar-refractivity contribution in [3.05, 3.63) is 57.9 Å². The van der Waals surface area contributed by atoms with Gasteiger partial charge in [-0.2, -0.15) is 4.98 Å². The van der Waals surface area contributed by atoms with E-state index in [1.54, 1.807) is 36.6 Å². The van der Waals surface area contributed by atoms with Crippen LogP contribution in [0.25, 0.3) is 34.1 Å². The zero-order valence-electron chi connectivity index (χ0n) is 14.1. The summed E-state index contributed by atoms with van der Waals surface area (Å²) in [6.07, 6.45) is 0. The minimum atomic E-state index is 0.382. The van der Waals surface area contributed by atoms with Crippen LogP contribution < -0.4 is 4.74 Å². The maximum absolute atomic E-state index is 6.00. The molecular weight excluding hydrogens is 370 g/mol. The Balaban J connectivity index is 1.64. The molecule has 0 atom stereocenters. The number of thiazole rings is 1. The monoisotopic (exact) mass is 383 g/mol. The molecule has 130 valence electrons. The summed E-state index contributed by atoms with van der Waals surface area (Å²) in [4.78, 5) is 8.98. The lowest BCUT2D eigenvalue weighted by Gasteiger charge is -2.04. The van der Waals surface area contributed by atoms with E-state index >= 15 is 0 Å². The Morgan fingerprint density at radius 3 is 2.50 bits per heavy atom. The number of nitrogens with zero attached hydrogens (tertiary/aromatic N) is 3. The van der Waals surface area contributed by atoms with Gasteiger partial charge in [0.1, 0.15) is 5.75 Å². The molecule has 0 fully saturated rings. The second-order valence-electron chi connectivity index (χ2n) is 5.60. The van der Waals surface area contributed by atoms with Gasteiger partial charge in [0.15, 0.2) is 0 Å². The molecular formula is C19H14ClN3O2S. The number of aryl methyl sites for hydroxylation is 1. The highest BCUT2D eigenvalue weighted by Gasteiger charge is 2.15. The molecule has 0 aliphatic carbocycles. The molecule has 0 spiro atoms. The van der Waals surface area contributed by atoms with Crippen LogP contribution in [0, 0.1) is 6.92 Å². The molecule has 26 heavy (non-hydrogen) atoms. The fourth-order valence-corrected chi connectivity index (χ4v) is 3.36. The number of ether oxygens (including phenoxy) is 1. The van der Waals surface area contributed by atoms with Crippen LogP contribution in [0.1, 0.15) is 5.01 Å². The lowest BCUT2D eigenvalue weighted by Crippen LogP contribution is -1.88. The summed E-state index contributed by atoms with van der Waals surface area (Å²) in [7, 11) is 1.57. The molecule has 7 heteroatoms. The first-order chi connectivity index (χ1) is 12.6. The molecule has 0 N–H and O–H groups in total. The van der Waals surface area contributed by atoms with Crippen LogP contribution in [0.2, 0.25) is 5.02 Å². The Morgan fingerprint density at radius 1 is 1.04 bits per heavy atom. The van der Waals surface area contributed by atoms with E-state index in [0.717, 1.165) is 21.8 Å². The molecule has 2 aromatic heterocycles. The van der Waals surface area contributed by atoms with Gasteiger partial charge in [-0.15, -0.1) is 11.3 Å². The second kappa shape index (κ2) is 6.90. The van der Waals surface area contributed by atoms with Crippen LogP contribution in [-0.2, 0) is 0 Å². The summed E-state index contributed by atoms with van der Waals surface area (Å²) in [5.74, 6) is 1.48.